The highest BCUT2D eigenvalue weighted by molar-refractivity contribution is 5.74. The van der Waals surface area contributed by atoms with Gasteiger partial charge in [0.1, 0.15) is 0 Å². The highest BCUT2D eigenvalue weighted by Crippen LogP contribution is 2.26. The highest BCUT2D eigenvalue weighted by Gasteiger charge is 2.29. The van der Waals surface area contributed by atoms with Gasteiger partial charge in [-0.05, 0) is 37.5 Å². The molecule has 0 aromatic carbocycles. The third-order valence-electron chi connectivity index (χ3n) is 4.90. The molecule has 0 spiro atoms. The van der Waals surface area contributed by atoms with E-state index < -0.39 is 5.97 Å². The average Bonchev–Trinajstić information content (AvgIpc) is 2.45. The summed E-state index contributed by atoms with van der Waals surface area (Å²) in [5, 5.41) is 12.0. The third-order valence-corrected chi connectivity index (χ3v) is 4.90. The lowest BCUT2D eigenvalue weighted by Gasteiger charge is -2.36. The van der Waals surface area contributed by atoms with E-state index in [4.69, 9.17) is 5.11 Å². The molecule has 0 bridgehead atoms. The lowest BCUT2D eigenvalue weighted by Crippen LogP contribution is -2.50. The van der Waals surface area contributed by atoms with Gasteiger partial charge in [-0.2, -0.15) is 0 Å². The zero-order chi connectivity index (χ0) is 16.0. The average molecular weight is 298 g/mol. The molecule has 0 aromatic rings. The van der Waals surface area contributed by atoms with Gasteiger partial charge in [-0.3, -0.25) is 4.79 Å². The topological polar surface area (TPSA) is 69.6 Å². The fourth-order valence-electron chi connectivity index (χ4n) is 2.88. The van der Waals surface area contributed by atoms with Crippen molar-refractivity contribution in [3.8, 4) is 0 Å². The number of urea groups is 1. The van der Waals surface area contributed by atoms with Gasteiger partial charge < -0.3 is 15.3 Å². The third kappa shape index (κ3) is 5.56. The number of hydrogen-bond acceptors (Lipinski definition) is 2. The van der Waals surface area contributed by atoms with E-state index in [0.29, 0.717) is 18.4 Å². The van der Waals surface area contributed by atoms with Crippen LogP contribution in [0.1, 0.15) is 53.4 Å². The molecule has 4 atom stereocenters. The van der Waals surface area contributed by atoms with E-state index in [2.05, 4.69) is 19.2 Å². The second-order valence-corrected chi connectivity index (χ2v) is 6.55. The van der Waals surface area contributed by atoms with Crippen molar-refractivity contribution in [1.29, 1.82) is 0 Å². The number of carbonyl (C=O) groups excluding carboxylic acids is 1. The van der Waals surface area contributed by atoms with Crippen LogP contribution < -0.4 is 5.32 Å². The van der Waals surface area contributed by atoms with Crippen LogP contribution in [0.25, 0.3) is 0 Å². The molecule has 0 aliphatic carbocycles. The first kappa shape index (κ1) is 17.8. The smallest absolute Gasteiger partial charge is 0.317 e. The Morgan fingerprint density at radius 1 is 1.33 bits per heavy atom. The number of amides is 2. The quantitative estimate of drug-likeness (QED) is 0.792. The number of hydrogen-bond donors (Lipinski definition) is 2. The fourth-order valence-corrected chi connectivity index (χ4v) is 2.88. The molecule has 1 heterocycles. The Hall–Kier alpha value is -1.26. The van der Waals surface area contributed by atoms with Gasteiger partial charge in [0, 0.05) is 25.6 Å². The van der Waals surface area contributed by atoms with Gasteiger partial charge in [0.05, 0.1) is 0 Å². The molecule has 21 heavy (non-hydrogen) atoms. The molecule has 1 fully saturated rings. The number of likely N-dealkylation sites (tertiary alicyclic amines) is 1. The van der Waals surface area contributed by atoms with Crippen molar-refractivity contribution in [3.05, 3.63) is 0 Å². The molecule has 122 valence electrons. The summed E-state index contributed by atoms with van der Waals surface area (Å²) in [6.07, 6.45) is 3.20. The number of carboxylic acid groups (broad SMARTS) is 1. The summed E-state index contributed by atoms with van der Waals surface area (Å²) in [5.74, 6) is 0.111. The number of carbonyl (C=O) groups is 2. The van der Waals surface area contributed by atoms with Crippen molar-refractivity contribution >= 4 is 12.0 Å². The van der Waals surface area contributed by atoms with Crippen molar-refractivity contribution in [2.75, 3.05) is 13.1 Å². The van der Waals surface area contributed by atoms with Crippen molar-refractivity contribution in [2.45, 2.75) is 59.4 Å². The minimum atomic E-state index is -0.755. The van der Waals surface area contributed by atoms with Crippen molar-refractivity contribution < 1.29 is 14.7 Å². The molecule has 1 aliphatic rings. The standard InChI is InChI=1S/C16H30N2O3/c1-5-11(2)13(4)17-16(21)18-8-6-7-14(10-18)12(3)9-15(19)20/h11-14H,5-10H2,1-4H3,(H,17,21)(H,19,20). The molecule has 0 radical (unpaired) electrons. The molecule has 4 unspecified atom stereocenters. The van der Waals surface area contributed by atoms with Crippen LogP contribution in [0.5, 0.6) is 0 Å². The van der Waals surface area contributed by atoms with Gasteiger partial charge >= 0.3 is 12.0 Å². The Kier molecular flexibility index (Phi) is 6.99. The highest BCUT2D eigenvalue weighted by atomic mass is 16.4. The number of aliphatic carboxylic acids is 1. The van der Waals surface area contributed by atoms with Crippen LogP contribution in [0, 0.1) is 17.8 Å². The van der Waals surface area contributed by atoms with Crippen LogP contribution >= 0.6 is 0 Å². The SMILES string of the molecule is CCC(C)C(C)NC(=O)N1CCCC(C(C)CC(=O)O)C1. The molecule has 5 heteroatoms. The molecular weight excluding hydrogens is 268 g/mol. The predicted octanol–water partition coefficient (Wildman–Crippen LogP) is 2.95. The molecule has 1 rings (SSSR count). The Labute approximate surface area is 128 Å². The number of nitrogens with zero attached hydrogens (tertiary/aromatic N) is 1. The Morgan fingerprint density at radius 2 is 2.00 bits per heavy atom. The largest absolute Gasteiger partial charge is 0.481 e. The van der Waals surface area contributed by atoms with Crippen molar-refractivity contribution in [3.63, 3.8) is 0 Å². The normalized spacial score (nSPS) is 23.2. The van der Waals surface area contributed by atoms with Crippen molar-refractivity contribution in [2.24, 2.45) is 17.8 Å². The minimum absolute atomic E-state index is 0.00461. The molecule has 0 aromatic heterocycles. The van der Waals surface area contributed by atoms with E-state index in [-0.39, 0.29) is 24.4 Å². The maximum Gasteiger partial charge on any atom is 0.317 e. The summed E-state index contributed by atoms with van der Waals surface area (Å²) in [6.45, 7) is 9.72. The van der Waals surface area contributed by atoms with Crippen LogP contribution in [0.3, 0.4) is 0 Å². The van der Waals surface area contributed by atoms with Gasteiger partial charge in [0.2, 0.25) is 0 Å². The number of nitrogens with one attached hydrogen (secondary N) is 1. The van der Waals surface area contributed by atoms with Gasteiger partial charge in [-0.1, -0.05) is 27.2 Å². The van der Waals surface area contributed by atoms with Crippen LogP contribution in [-0.4, -0.2) is 41.1 Å². The van der Waals surface area contributed by atoms with E-state index in [1.165, 1.54) is 0 Å². The van der Waals surface area contributed by atoms with E-state index in [1.54, 1.807) is 0 Å². The van der Waals surface area contributed by atoms with Gasteiger partial charge in [0.15, 0.2) is 0 Å². The zero-order valence-corrected chi connectivity index (χ0v) is 13.8. The maximum atomic E-state index is 12.3. The first-order chi connectivity index (χ1) is 9.85. The minimum Gasteiger partial charge on any atom is -0.481 e. The number of piperidine rings is 1. The van der Waals surface area contributed by atoms with Crippen LogP contribution in [0.2, 0.25) is 0 Å². The second kappa shape index (κ2) is 8.25. The first-order valence-electron chi connectivity index (χ1n) is 8.12. The monoisotopic (exact) mass is 298 g/mol. The van der Waals surface area contributed by atoms with Gasteiger partial charge in [-0.25, -0.2) is 4.79 Å². The van der Waals surface area contributed by atoms with Gasteiger partial charge in [0.25, 0.3) is 0 Å². The van der Waals surface area contributed by atoms with Crippen LogP contribution in [-0.2, 0) is 4.79 Å². The lowest BCUT2D eigenvalue weighted by atomic mass is 9.85. The van der Waals surface area contributed by atoms with E-state index >= 15 is 0 Å². The fraction of sp³-hybridized carbons (Fsp3) is 0.875. The van der Waals surface area contributed by atoms with Crippen LogP contribution in [0.15, 0.2) is 0 Å². The Balaban J connectivity index is 2.51. The molecule has 5 nitrogen and oxygen atoms in total. The van der Waals surface area contributed by atoms with E-state index in [1.807, 2.05) is 18.7 Å². The Bertz CT molecular complexity index is 359. The first-order valence-corrected chi connectivity index (χ1v) is 8.12. The maximum absolute atomic E-state index is 12.3. The van der Waals surface area contributed by atoms with E-state index in [9.17, 15) is 9.59 Å². The molecule has 0 saturated carbocycles. The van der Waals surface area contributed by atoms with Crippen molar-refractivity contribution in [1.82, 2.24) is 10.2 Å². The van der Waals surface area contributed by atoms with E-state index in [0.717, 1.165) is 25.8 Å². The Morgan fingerprint density at radius 3 is 2.57 bits per heavy atom. The summed E-state index contributed by atoms with van der Waals surface area (Å²) in [4.78, 5) is 25.0. The lowest BCUT2D eigenvalue weighted by molar-refractivity contribution is -0.138. The molecule has 2 N–H and O–H groups in total. The zero-order valence-electron chi connectivity index (χ0n) is 13.8. The molecule has 1 aliphatic heterocycles. The van der Waals surface area contributed by atoms with Gasteiger partial charge in [-0.15, -0.1) is 0 Å². The summed E-state index contributed by atoms with van der Waals surface area (Å²) in [7, 11) is 0. The molecular formula is C16H30N2O3. The summed E-state index contributed by atoms with van der Waals surface area (Å²) < 4.78 is 0. The van der Waals surface area contributed by atoms with Crippen LogP contribution in [0.4, 0.5) is 4.79 Å². The predicted molar refractivity (Wildman–Crippen MR) is 83.2 cm³/mol. The number of rotatable bonds is 6. The summed E-state index contributed by atoms with van der Waals surface area (Å²) in [5.41, 5.74) is 0. The summed E-state index contributed by atoms with van der Waals surface area (Å²) >= 11 is 0. The second-order valence-electron chi connectivity index (χ2n) is 6.55. The molecule has 2 amide bonds. The molecule has 1 saturated heterocycles. The summed E-state index contributed by atoms with van der Waals surface area (Å²) in [6, 6.07) is 0.161. The number of carboxylic acids is 1.